The van der Waals surface area contributed by atoms with Crippen molar-refractivity contribution in [3.05, 3.63) is 33.7 Å². The summed E-state index contributed by atoms with van der Waals surface area (Å²) in [5.74, 6) is 0.804. The maximum atomic E-state index is 11.9. The molecule has 0 saturated heterocycles. The Morgan fingerprint density at radius 1 is 1.60 bits per heavy atom. The minimum absolute atomic E-state index is 0.153. The van der Waals surface area contributed by atoms with E-state index in [0.717, 1.165) is 37.8 Å². The zero-order valence-electron chi connectivity index (χ0n) is 11.5. The number of allylic oxidation sites excluding steroid dienone is 1. The standard InChI is InChI=1S/C14H20BrN3O2/c1-2-7-18-14(19)13(15)12(9-17-18)16-6-3-8-20-10-11-4-5-11/h2,9,11,16H,1,3-8,10H2. The Balaban J connectivity index is 1.75. The van der Waals surface area contributed by atoms with E-state index in [4.69, 9.17) is 4.74 Å². The number of nitrogens with zero attached hydrogens (tertiary/aromatic N) is 2. The van der Waals surface area contributed by atoms with E-state index in [0.29, 0.717) is 11.0 Å². The van der Waals surface area contributed by atoms with Crippen LogP contribution in [-0.2, 0) is 11.3 Å². The van der Waals surface area contributed by atoms with Crippen molar-refractivity contribution in [1.82, 2.24) is 9.78 Å². The van der Waals surface area contributed by atoms with E-state index in [1.165, 1.54) is 17.5 Å². The summed E-state index contributed by atoms with van der Waals surface area (Å²) in [6.07, 6.45) is 6.84. The average molecular weight is 342 g/mol. The number of anilines is 1. The van der Waals surface area contributed by atoms with Crippen molar-refractivity contribution in [2.45, 2.75) is 25.8 Å². The first-order chi connectivity index (χ1) is 9.72. The second-order valence-electron chi connectivity index (χ2n) is 4.95. The van der Waals surface area contributed by atoms with Crippen LogP contribution in [0.4, 0.5) is 5.69 Å². The number of aromatic nitrogens is 2. The highest BCUT2D eigenvalue weighted by Crippen LogP contribution is 2.28. The van der Waals surface area contributed by atoms with E-state index < -0.39 is 0 Å². The molecular formula is C14H20BrN3O2. The van der Waals surface area contributed by atoms with Gasteiger partial charge >= 0.3 is 0 Å². The van der Waals surface area contributed by atoms with Gasteiger partial charge in [-0.2, -0.15) is 5.10 Å². The van der Waals surface area contributed by atoms with E-state index >= 15 is 0 Å². The summed E-state index contributed by atoms with van der Waals surface area (Å²) < 4.78 is 7.43. The van der Waals surface area contributed by atoms with Gasteiger partial charge in [-0.25, -0.2) is 4.68 Å². The summed E-state index contributed by atoms with van der Waals surface area (Å²) in [5.41, 5.74) is 0.567. The molecule has 0 aliphatic heterocycles. The normalized spacial score (nSPS) is 14.2. The third-order valence-electron chi connectivity index (χ3n) is 3.12. The zero-order valence-corrected chi connectivity index (χ0v) is 13.1. The monoisotopic (exact) mass is 341 g/mol. The van der Waals surface area contributed by atoms with Crippen molar-refractivity contribution in [2.75, 3.05) is 25.1 Å². The average Bonchev–Trinajstić information content (AvgIpc) is 3.25. The Labute approximate surface area is 127 Å². The highest BCUT2D eigenvalue weighted by atomic mass is 79.9. The molecular weight excluding hydrogens is 322 g/mol. The fourth-order valence-electron chi connectivity index (χ4n) is 1.77. The summed E-state index contributed by atoms with van der Waals surface area (Å²) >= 11 is 3.31. The molecule has 0 unspecified atom stereocenters. The molecule has 2 rings (SSSR count). The zero-order chi connectivity index (χ0) is 14.4. The summed E-state index contributed by atoms with van der Waals surface area (Å²) in [7, 11) is 0. The van der Waals surface area contributed by atoms with E-state index in [2.05, 4.69) is 32.9 Å². The summed E-state index contributed by atoms with van der Waals surface area (Å²) in [5, 5.41) is 7.28. The quantitative estimate of drug-likeness (QED) is 0.553. The van der Waals surface area contributed by atoms with Gasteiger partial charge in [0.15, 0.2) is 0 Å². The third-order valence-corrected chi connectivity index (χ3v) is 3.88. The number of ether oxygens (including phenoxy) is 1. The van der Waals surface area contributed by atoms with E-state index in [9.17, 15) is 4.79 Å². The highest BCUT2D eigenvalue weighted by Gasteiger charge is 2.20. The van der Waals surface area contributed by atoms with Crippen LogP contribution in [0.15, 0.2) is 28.1 Å². The molecule has 20 heavy (non-hydrogen) atoms. The molecule has 0 amide bonds. The lowest BCUT2D eigenvalue weighted by Crippen LogP contribution is -2.24. The molecule has 1 aliphatic rings. The molecule has 1 heterocycles. The van der Waals surface area contributed by atoms with E-state index in [1.807, 2.05) is 0 Å². The Kier molecular flexibility index (Phi) is 5.79. The van der Waals surface area contributed by atoms with Gasteiger partial charge in [-0.05, 0) is 41.1 Å². The van der Waals surface area contributed by atoms with Crippen LogP contribution in [-0.4, -0.2) is 29.5 Å². The summed E-state index contributed by atoms with van der Waals surface area (Å²) in [6.45, 7) is 6.41. The van der Waals surface area contributed by atoms with Crippen LogP contribution in [0, 0.1) is 5.92 Å². The van der Waals surface area contributed by atoms with Crippen LogP contribution in [0.25, 0.3) is 0 Å². The second-order valence-corrected chi connectivity index (χ2v) is 5.74. The molecule has 1 saturated carbocycles. The van der Waals surface area contributed by atoms with Crippen molar-refractivity contribution in [3.8, 4) is 0 Å². The lowest BCUT2D eigenvalue weighted by Gasteiger charge is -2.09. The SMILES string of the molecule is C=CCn1ncc(NCCCOCC2CC2)c(Br)c1=O. The number of hydrogen-bond donors (Lipinski definition) is 1. The van der Waals surface area contributed by atoms with Gasteiger partial charge in [0.05, 0.1) is 18.4 Å². The van der Waals surface area contributed by atoms with Gasteiger partial charge in [0.2, 0.25) is 0 Å². The van der Waals surface area contributed by atoms with Crippen molar-refractivity contribution in [2.24, 2.45) is 5.92 Å². The van der Waals surface area contributed by atoms with Gasteiger partial charge in [0, 0.05) is 19.8 Å². The molecule has 1 aliphatic carbocycles. The molecule has 1 aromatic heterocycles. The number of rotatable bonds is 9. The Morgan fingerprint density at radius 2 is 2.40 bits per heavy atom. The third kappa shape index (κ3) is 4.45. The Bertz CT molecular complexity index is 512. The maximum absolute atomic E-state index is 11.9. The van der Waals surface area contributed by atoms with Crippen LogP contribution in [0.5, 0.6) is 0 Å². The van der Waals surface area contributed by atoms with Crippen molar-refractivity contribution >= 4 is 21.6 Å². The molecule has 1 N–H and O–H groups in total. The van der Waals surface area contributed by atoms with Crippen molar-refractivity contribution < 1.29 is 4.74 Å². The van der Waals surface area contributed by atoms with Gasteiger partial charge < -0.3 is 10.1 Å². The van der Waals surface area contributed by atoms with E-state index in [-0.39, 0.29) is 5.56 Å². The minimum atomic E-state index is -0.153. The Hall–Kier alpha value is -1.14. The molecule has 1 aromatic rings. The molecule has 1 fully saturated rings. The maximum Gasteiger partial charge on any atom is 0.283 e. The molecule has 0 atom stereocenters. The number of halogens is 1. The lowest BCUT2D eigenvalue weighted by atomic mass is 10.4. The smallest absolute Gasteiger partial charge is 0.283 e. The summed E-state index contributed by atoms with van der Waals surface area (Å²) in [4.78, 5) is 11.9. The molecule has 6 heteroatoms. The first kappa shape index (κ1) is 15.3. The van der Waals surface area contributed by atoms with Crippen LogP contribution in [0.3, 0.4) is 0 Å². The predicted octanol–water partition coefficient (Wildman–Crippen LogP) is 2.42. The van der Waals surface area contributed by atoms with Gasteiger partial charge in [0.1, 0.15) is 4.47 Å². The molecule has 0 aromatic carbocycles. The topological polar surface area (TPSA) is 56.1 Å². The van der Waals surface area contributed by atoms with Crippen molar-refractivity contribution in [3.63, 3.8) is 0 Å². The fourth-order valence-corrected chi connectivity index (χ4v) is 2.22. The molecule has 0 radical (unpaired) electrons. The van der Waals surface area contributed by atoms with Crippen molar-refractivity contribution in [1.29, 1.82) is 0 Å². The lowest BCUT2D eigenvalue weighted by molar-refractivity contribution is 0.124. The van der Waals surface area contributed by atoms with Gasteiger partial charge in [-0.1, -0.05) is 6.08 Å². The number of nitrogens with one attached hydrogen (secondary N) is 1. The first-order valence-corrected chi connectivity index (χ1v) is 7.69. The van der Waals surface area contributed by atoms with Crippen LogP contribution in [0.2, 0.25) is 0 Å². The fraction of sp³-hybridized carbons (Fsp3) is 0.571. The largest absolute Gasteiger partial charge is 0.383 e. The highest BCUT2D eigenvalue weighted by molar-refractivity contribution is 9.10. The molecule has 110 valence electrons. The minimum Gasteiger partial charge on any atom is -0.383 e. The molecule has 0 spiro atoms. The summed E-state index contributed by atoms with van der Waals surface area (Å²) in [6, 6.07) is 0. The molecule has 5 nitrogen and oxygen atoms in total. The first-order valence-electron chi connectivity index (χ1n) is 6.90. The van der Waals surface area contributed by atoms with Crippen LogP contribution >= 0.6 is 15.9 Å². The van der Waals surface area contributed by atoms with Crippen LogP contribution < -0.4 is 10.9 Å². The van der Waals surface area contributed by atoms with Gasteiger partial charge in [0.25, 0.3) is 5.56 Å². The Morgan fingerprint density at radius 3 is 3.10 bits per heavy atom. The second kappa shape index (κ2) is 7.59. The van der Waals surface area contributed by atoms with Gasteiger partial charge in [-0.3, -0.25) is 4.79 Å². The van der Waals surface area contributed by atoms with E-state index in [1.54, 1.807) is 12.3 Å². The predicted molar refractivity (Wildman–Crippen MR) is 83.0 cm³/mol. The van der Waals surface area contributed by atoms with Crippen LogP contribution in [0.1, 0.15) is 19.3 Å². The van der Waals surface area contributed by atoms with Gasteiger partial charge in [-0.15, -0.1) is 6.58 Å². The number of hydrogen-bond acceptors (Lipinski definition) is 4. The molecule has 0 bridgehead atoms.